The van der Waals surface area contributed by atoms with E-state index in [0.29, 0.717) is 0 Å². The summed E-state index contributed by atoms with van der Waals surface area (Å²) in [4.78, 5) is 20.9. The van der Waals surface area contributed by atoms with Crippen molar-refractivity contribution in [2.24, 2.45) is 0 Å². The van der Waals surface area contributed by atoms with Crippen LogP contribution in [0.1, 0.15) is 12.8 Å². The number of rotatable bonds is 4. The van der Waals surface area contributed by atoms with E-state index in [9.17, 15) is 9.59 Å². The maximum absolute atomic E-state index is 10.5. The summed E-state index contributed by atoms with van der Waals surface area (Å²) in [5.41, 5.74) is 0. The summed E-state index contributed by atoms with van der Waals surface area (Å²) in [7, 11) is 1.24. The van der Waals surface area contributed by atoms with E-state index in [4.69, 9.17) is 5.11 Å². The van der Waals surface area contributed by atoms with E-state index in [1.807, 2.05) is 0 Å². The zero-order chi connectivity index (χ0) is 8.69. The molecule has 0 aliphatic heterocycles. The maximum atomic E-state index is 10.5. The Morgan fingerprint density at radius 2 is 1.82 bits per heavy atom. The van der Waals surface area contributed by atoms with E-state index in [0.717, 1.165) is 0 Å². The van der Waals surface area contributed by atoms with Gasteiger partial charge in [-0.15, -0.1) is 0 Å². The Balaban J connectivity index is 3.38. The molecule has 0 heterocycles. The average molecular weight is 162 g/mol. The highest BCUT2D eigenvalue weighted by Gasteiger charge is 2.06. The molecule has 64 valence electrons. The van der Waals surface area contributed by atoms with E-state index >= 15 is 0 Å². The van der Waals surface area contributed by atoms with E-state index in [-0.39, 0.29) is 12.8 Å². The number of aliphatic hydroxyl groups excluding tert-OH is 1. The van der Waals surface area contributed by atoms with Gasteiger partial charge in [0.2, 0.25) is 0 Å². The summed E-state index contributed by atoms with van der Waals surface area (Å²) >= 11 is 0. The van der Waals surface area contributed by atoms with Crippen molar-refractivity contribution >= 4 is 11.9 Å². The number of carbonyl (C=O) groups is 2. The van der Waals surface area contributed by atoms with Gasteiger partial charge in [0.15, 0.2) is 6.79 Å². The molecule has 1 N–H and O–H groups in total. The fourth-order valence-corrected chi connectivity index (χ4v) is 0.450. The molecule has 0 fully saturated rings. The molecular weight excluding hydrogens is 152 g/mol. The van der Waals surface area contributed by atoms with Crippen LogP contribution < -0.4 is 0 Å². The zero-order valence-corrected chi connectivity index (χ0v) is 6.20. The molecule has 0 aromatic carbocycles. The summed E-state index contributed by atoms with van der Waals surface area (Å²) in [6.45, 7) is -0.653. The lowest BCUT2D eigenvalue weighted by Gasteiger charge is -1.98. The first-order chi connectivity index (χ1) is 5.20. The van der Waals surface area contributed by atoms with Crippen LogP contribution in [0, 0.1) is 0 Å². The van der Waals surface area contributed by atoms with Gasteiger partial charge in [-0.05, 0) is 0 Å². The van der Waals surface area contributed by atoms with Crippen molar-refractivity contribution in [2.75, 3.05) is 13.9 Å². The van der Waals surface area contributed by atoms with Gasteiger partial charge in [0, 0.05) is 0 Å². The van der Waals surface area contributed by atoms with Crippen LogP contribution in [0.3, 0.4) is 0 Å². The molecule has 0 bridgehead atoms. The molecule has 0 amide bonds. The molecule has 0 unspecified atom stereocenters. The Kier molecular flexibility index (Phi) is 5.10. The van der Waals surface area contributed by atoms with Crippen LogP contribution in [-0.4, -0.2) is 30.9 Å². The minimum Gasteiger partial charge on any atom is -0.469 e. The van der Waals surface area contributed by atoms with Crippen LogP contribution in [0.15, 0.2) is 0 Å². The number of methoxy groups -OCH3 is 1. The van der Waals surface area contributed by atoms with Gasteiger partial charge >= 0.3 is 11.9 Å². The Morgan fingerprint density at radius 3 is 2.27 bits per heavy atom. The van der Waals surface area contributed by atoms with Crippen molar-refractivity contribution in [1.29, 1.82) is 0 Å². The standard InChI is InChI=1S/C6H10O5/c1-10-5(8)2-3-6(9)11-4-7/h7H,2-4H2,1H3. The summed E-state index contributed by atoms with van der Waals surface area (Å²) in [6, 6.07) is 0. The maximum Gasteiger partial charge on any atom is 0.308 e. The minimum atomic E-state index is -0.653. The third-order valence-electron chi connectivity index (χ3n) is 0.986. The summed E-state index contributed by atoms with van der Waals surface area (Å²) in [5, 5.41) is 8.10. The minimum absolute atomic E-state index is 0.0185. The summed E-state index contributed by atoms with van der Waals surface area (Å²) in [6.07, 6.45) is -0.0808. The molecular formula is C6H10O5. The van der Waals surface area contributed by atoms with Crippen molar-refractivity contribution in [3.63, 3.8) is 0 Å². The molecule has 0 aliphatic carbocycles. The zero-order valence-electron chi connectivity index (χ0n) is 6.20. The van der Waals surface area contributed by atoms with Crippen molar-refractivity contribution < 1.29 is 24.2 Å². The van der Waals surface area contributed by atoms with E-state index < -0.39 is 18.7 Å². The predicted molar refractivity (Wildman–Crippen MR) is 34.4 cm³/mol. The number of hydrogen-bond acceptors (Lipinski definition) is 5. The Hall–Kier alpha value is -1.10. The molecule has 0 saturated carbocycles. The second-order valence-corrected chi connectivity index (χ2v) is 1.72. The lowest BCUT2D eigenvalue weighted by Crippen LogP contribution is -2.09. The molecule has 11 heavy (non-hydrogen) atoms. The third-order valence-corrected chi connectivity index (χ3v) is 0.986. The smallest absolute Gasteiger partial charge is 0.308 e. The van der Waals surface area contributed by atoms with E-state index in [1.54, 1.807) is 0 Å². The van der Waals surface area contributed by atoms with Crippen molar-refractivity contribution in [3.05, 3.63) is 0 Å². The van der Waals surface area contributed by atoms with Crippen LogP contribution in [0.4, 0.5) is 0 Å². The third kappa shape index (κ3) is 5.35. The van der Waals surface area contributed by atoms with E-state index in [1.165, 1.54) is 7.11 Å². The first kappa shape index (κ1) is 9.90. The topological polar surface area (TPSA) is 72.8 Å². The van der Waals surface area contributed by atoms with Gasteiger partial charge in [0.05, 0.1) is 20.0 Å². The number of hydrogen-bond donors (Lipinski definition) is 1. The highest BCUT2D eigenvalue weighted by atomic mass is 16.6. The number of ether oxygens (including phenoxy) is 2. The summed E-state index contributed by atoms with van der Waals surface area (Å²) < 4.78 is 8.42. The van der Waals surface area contributed by atoms with Gasteiger partial charge in [-0.25, -0.2) is 0 Å². The van der Waals surface area contributed by atoms with Crippen LogP contribution in [0.5, 0.6) is 0 Å². The molecule has 0 atom stereocenters. The van der Waals surface area contributed by atoms with Crippen LogP contribution in [0.2, 0.25) is 0 Å². The van der Waals surface area contributed by atoms with Gasteiger partial charge in [-0.3, -0.25) is 9.59 Å². The first-order valence-corrected chi connectivity index (χ1v) is 3.04. The van der Waals surface area contributed by atoms with Gasteiger partial charge in [-0.1, -0.05) is 0 Å². The van der Waals surface area contributed by atoms with Gasteiger partial charge in [0.1, 0.15) is 0 Å². The van der Waals surface area contributed by atoms with Gasteiger partial charge < -0.3 is 14.6 Å². The first-order valence-electron chi connectivity index (χ1n) is 3.04. The highest BCUT2D eigenvalue weighted by molar-refractivity contribution is 5.77. The second kappa shape index (κ2) is 5.67. The fraction of sp³-hybridized carbons (Fsp3) is 0.667. The fourth-order valence-electron chi connectivity index (χ4n) is 0.450. The summed E-state index contributed by atoms with van der Waals surface area (Å²) in [5.74, 6) is -1.09. The Morgan fingerprint density at radius 1 is 1.27 bits per heavy atom. The molecule has 5 heteroatoms. The Labute approximate surface area is 63.9 Å². The van der Waals surface area contributed by atoms with Crippen LogP contribution in [-0.2, 0) is 19.1 Å². The quantitative estimate of drug-likeness (QED) is 0.442. The molecule has 0 aliphatic rings. The van der Waals surface area contributed by atoms with Crippen LogP contribution in [0.25, 0.3) is 0 Å². The monoisotopic (exact) mass is 162 g/mol. The lowest BCUT2D eigenvalue weighted by atomic mass is 10.3. The second-order valence-electron chi connectivity index (χ2n) is 1.72. The van der Waals surface area contributed by atoms with Crippen molar-refractivity contribution in [3.8, 4) is 0 Å². The molecule has 5 nitrogen and oxygen atoms in total. The predicted octanol–water partition coefficient (Wildman–Crippen LogP) is -0.567. The lowest BCUT2D eigenvalue weighted by molar-refractivity contribution is -0.154. The van der Waals surface area contributed by atoms with Crippen molar-refractivity contribution in [2.45, 2.75) is 12.8 Å². The van der Waals surface area contributed by atoms with Crippen LogP contribution >= 0.6 is 0 Å². The van der Waals surface area contributed by atoms with Gasteiger partial charge in [-0.2, -0.15) is 0 Å². The molecule has 0 aromatic heterocycles. The average Bonchev–Trinajstić information content (AvgIpc) is 2.01. The molecule has 0 spiro atoms. The highest BCUT2D eigenvalue weighted by Crippen LogP contribution is 1.93. The normalized spacial score (nSPS) is 8.91. The number of esters is 2. The molecule has 0 rings (SSSR count). The molecule has 0 radical (unpaired) electrons. The number of aliphatic hydroxyl groups is 1. The van der Waals surface area contributed by atoms with Crippen molar-refractivity contribution in [1.82, 2.24) is 0 Å². The SMILES string of the molecule is COC(=O)CCC(=O)OCO. The van der Waals surface area contributed by atoms with Gasteiger partial charge in [0.25, 0.3) is 0 Å². The van der Waals surface area contributed by atoms with E-state index in [2.05, 4.69) is 9.47 Å². The Bertz CT molecular complexity index is 142. The number of carbonyl (C=O) groups excluding carboxylic acids is 2. The largest absolute Gasteiger partial charge is 0.469 e. The molecule has 0 saturated heterocycles. The molecule has 0 aromatic rings.